The Labute approximate surface area is 129 Å². The van der Waals surface area contributed by atoms with E-state index < -0.39 is 0 Å². The Balaban J connectivity index is 2.24. The molecule has 1 aliphatic rings. The summed E-state index contributed by atoms with van der Waals surface area (Å²) in [6.07, 6.45) is 1.69. The second kappa shape index (κ2) is 5.26. The Kier molecular flexibility index (Phi) is 3.41. The second-order valence-electron chi connectivity index (χ2n) is 5.64. The normalized spacial score (nSPS) is 13.7. The number of hydrogen-bond acceptors (Lipinski definition) is 2. The Hall–Kier alpha value is -2.68. The van der Waals surface area contributed by atoms with Gasteiger partial charge in [-0.1, -0.05) is 56.8 Å². The van der Waals surface area contributed by atoms with Crippen molar-refractivity contribution in [2.75, 3.05) is 4.90 Å². The summed E-state index contributed by atoms with van der Waals surface area (Å²) in [6, 6.07) is 12.7. The van der Waals surface area contributed by atoms with Crippen LogP contribution in [0.15, 0.2) is 49.0 Å². The largest absolute Gasteiger partial charge is 0.268 e. The van der Waals surface area contributed by atoms with Crippen molar-refractivity contribution >= 4 is 23.6 Å². The van der Waals surface area contributed by atoms with Crippen LogP contribution >= 0.6 is 0 Å². The van der Waals surface area contributed by atoms with E-state index in [-0.39, 0.29) is 17.7 Å². The highest BCUT2D eigenvalue weighted by Gasteiger charge is 2.38. The molecule has 3 rings (SSSR count). The Morgan fingerprint density at radius 1 is 0.955 bits per heavy atom. The molecule has 3 nitrogen and oxygen atoms in total. The van der Waals surface area contributed by atoms with Gasteiger partial charge in [0.05, 0.1) is 16.8 Å². The smallest absolute Gasteiger partial charge is 0.266 e. The maximum atomic E-state index is 12.7. The average Bonchev–Trinajstić information content (AvgIpc) is 2.78. The highest BCUT2D eigenvalue weighted by molar-refractivity contribution is 6.35. The summed E-state index contributed by atoms with van der Waals surface area (Å²) in [6.45, 7) is 7.90. The lowest BCUT2D eigenvalue weighted by Crippen LogP contribution is -2.31. The summed E-state index contributed by atoms with van der Waals surface area (Å²) in [5, 5.41) is 0. The van der Waals surface area contributed by atoms with Crippen LogP contribution in [0.1, 0.15) is 51.6 Å². The van der Waals surface area contributed by atoms with Gasteiger partial charge in [0.1, 0.15) is 0 Å². The topological polar surface area (TPSA) is 37.4 Å². The maximum absolute atomic E-state index is 12.7. The van der Waals surface area contributed by atoms with Crippen molar-refractivity contribution in [3.05, 3.63) is 71.3 Å². The van der Waals surface area contributed by atoms with Gasteiger partial charge < -0.3 is 0 Å². The maximum Gasteiger partial charge on any atom is 0.266 e. The van der Waals surface area contributed by atoms with Gasteiger partial charge in [-0.15, -0.1) is 0 Å². The molecule has 0 radical (unpaired) electrons. The van der Waals surface area contributed by atoms with Gasteiger partial charge in [-0.25, -0.2) is 4.90 Å². The highest BCUT2D eigenvalue weighted by Crippen LogP contribution is 2.37. The van der Waals surface area contributed by atoms with Crippen molar-refractivity contribution in [1.82, 2.24) is 0 Å². The van der Waals surface area contributed by atoms with Crippen LogP contribution in [0, 0.1) is 0 Å². The molecule has 2 amide bonds. The van der Waals surface area contributed by atoms with E-state index in [9.17, 15) is 9.59 Å². The molecule has 0 N–H and O–H groups in total. The molecule has 0 spiro atoms. The van der Waals surface area contributed by atoms with E-state index in [2.05, 4.69) is 6.58 Å². The van der Waals surface area contributed by atoms with Crippen molar-refractivity contribution in [2.24, 2.45) is 0 Å². The van der Waals surface area contributed by atoms with Crippen LogP contribution in [0.25, 0.3) is 6.08 Å². The molecule has 0 aromatic heterocycles. The fourth-order valence-electron chi connectivity index (χ4n) is 2.86. The number of carbonyl (C=O) groups excluding carboxylic acids is 2. The standard InChI is InChI=1S/C19H17NO2/c1-4-13-8-7-11-14(12(2)3)17(13)20-18(21)15-9-5-6-10-16(15)19(20)22/h4-12H,1H2,2-3H3. The molecule has 1 aliphatic heterocycles. The minimum Gasteiger partial charge on any atom is -0.268 e. The van der Waals surface area contributed by atoms with E-state index in [4.69, 9.17) is 0 Å². The third-order valence-corrected chi connectivity index (χ3v) is 3.96. The molecule has 0 unspecified atom stereocenters. The second-order valence-corrected chi connectivity index (χ2v) is 5.64. The van der Waals surface area contributed by atoms with E-state index in [1.165, 1.54) is 4.90 Å². The number of rotatable bonds is 3. The first-order valence-electron chi connectivity index (χ1n) is 7.29. The van der Waals surface area contributed by atoms with Gasteiger partial charge in [-0.3, -0.25) is 9.59 Å². The summed E-state index contributed by atoms with van der Waals surface area (Å²) >= 11 is 0. The number of hydrogen-bond donors (Lipinski definition) is 0. The zero-order valence-corrected chi connectivity index (χ0v) is 12.7. The lowest BCUT2D eigenvalue weighted by molar-refractivity contribution is 0.0926. The molecule has 110 valence electrons. The third-order valence-electron chi connectivity index (χ3n) is 3.96. The third kappa shape index (κ3) is 1.98. The zero-order valence-electron chi connectivity index (χ0n) is 12.7. The molecular weight excluding hydrogens is 274 g/mol. The number of imide groups is 1. The van der Waals surface area contributed by atoms with Crippen LogP contribution in [0.2, 0.25) is 0 Å². The van der Waals surface area contributed by atoms with E-state index in [0.29, 0.717) is 16.8 Å². The van der Waals surface area contributed by atoms with E-state index >= 15 is 0 Å². The molecular formula is C19H17NO2. The minimum absolute atomic E-state index is 0.194. The lowest BCUT2D eigenvalue weighted by Gasteiger charge is -2.22. The number of amides is 2. The van der Waals surface area contributed by atoms with Crippen molar-refractivity contribution < 1.29 is 9.59 Å². The highest BCUT2D eigenvalue weighted by atomic mass is 16.2. The molecule has 2 aromatic carbocycles. The molecule has 2 aromatic rings. The number of benzene rings is 2. The van der Waals surface area contributed by atoms with Gasteiger partial charge in [0.15, 0.2) is 0 Å². The number of anilines is 1. The van der Waals surface area contributed by atoms with Crippen LogP contribution < -0.4 is 4.90 Å². The van der Waals surface area contributed by atoms with Gasteiger partial charge in [0, 0.05) is 0 Å². The van der Waals surface area contributed by atoms with Gasteiger partial charge in [0.2, 0.25) is 0 Å². The SMILES string of the molecule is C=Cc1cccc(C(C)C)c1N1C(=O)c2ccccc2C1=O. The van der Waals surface area contributed by atoms with Crippen molar-refractivity contribution in [3.8, 4) is 0 Å². The predicted molar refractivity (Wildman–Crippen MR) is 88.2 cm³/mol. The molecule has 0 fully saturated rings. The van der Waals surface area contributed by atoms with Gasteiger partial charge in [-0.05, 0) is 29.2 Å². The summed E-state index contributed by atoms with van der Waals surface area (Å²) in [5.41, 5.74) is 3.33. The average molecular weight is 291 g/mol. The number of para-hydroxylation sites is 1. The van der Waals surface area contributed by atoms with Crippen LogP contribution in [0.4, 0.5) is 5.69 Å². The quantitative estimate of drug-likeness (QED) is 0.793. The van der Waals surface area contributed by atoms with Crippen LogP contribution in [-0.2, 0) is 0 Å². The first-order chi connectivity index (χ1) is 10.6. The van der Waals surface area contributed by atoms with Gasteiger partial charge >= 0.3 is 0 Å². The van der Waals surface area contributed by atoms with Gasteiger partial charge in [-0.2, -0.15) is 0 Å². The van der Waals surface area contributed by atoms with Gasteiger partial charge in [0.25, 0.3) is 11.8 Å². The van der Waals surface area contributed by atoms with E-state index in [1.54, 1.807) is 30.3 Å². The molecule has 0 saturated carbocycles. The minimum atomic E-state index is -0.267. The number of carbonyl (C=O) groups is 2. The number of fused-ring (bicyclic) bond motifs is 1. The van der Waals surface area contributed by atoms with Crippen molar-refractivity contribution in [2.45, 2.75) is 19.8 Å². The molecule has 22 heavy (non-hydrogen) atoms. The predicted octanol–water partition coefficient (Wildman–Crippen LogP) is 4.25. The van der Waals surface area contributed by atoms with Crippen molar-refractivity contribution in [3.63, 3.8) is 0 Å². The molecule has 0 aliphatic carbocycles. The zero-order chi connectivity index (χ0) is 15.9. The van der Waals surface area contributed by atoms with E-state index in [1.807, 2.05) is 32.0 Å². The molecule has 0 atom stereocenters. The summed E-state index contributed by atoms with van der Waals surface area (Å²) in [5.74, 6) is -0.340. The summed E-state index contributed by atoms with van der Waals surface area (Å²) in [7, 11) is 0. The molecule has 3 heteroatoms. The van der Waals surface area contributed by atoms with Crippen LogP contribution in [-0.4, -0.2) is 11.8 Å². The summed E-state index contributed by atoms with van der Waals surface area (Å²) in [4.78, 5) is 26.7. The molecule has 0 saturated heterocycles. The molecule has 0 bridgehead atoms. The first kappa shape index (κ1) is 14.3. The van der Waals surface area contributed by atoms with Crippen LogP contribution in [0.5, 0.6) is 0 Å². The molecule has 1 heterocycles. The Morgan fingerprint density at radius 2 is 1.55 bits per heavy atom. The fourth-order valence-corrected chi connectivity index (χ4v) is 2.86. The first-order valence-corrected chi connectivity index (χ1v) is 7.29. The summed E-state index contributed by atoms with van der Waals surface area (Å²) < 4.78 is 0. The van der Waals surface area contributed by atoms with E-state index in [0.717, 1.165) is 11.1 Å². The fraction of sp³-hybridized carbons (Fsp3) is 0.158. The Morgan fingerprint density at radius 3 is 2.05 bits per heavy atom. The monoisotopic (exact) mass is 291 g/mol. The Bertz CT molecular complexity index is 755. The number of nitrogens with zero attached hydrogens (tertiary/aromatic N) is 1. The lowest BCUT2D eigenvalue weighted by atomic mass is 9.96. The van der Waals surface area contributed by atoms with Crippen molar-refractivity contribution in [1.29, 1.82) is 0 Å². The van der Waals surface area contributed by atoms with Crippen LogP contribution in [0.3, 0.4) is 0 Å².